The number of nitrogens with two attached hydrogens (primary N) is 1. The fourth-order valence-corrected chi connectivity index (χ4v) is 3.15. The first-order chi connectivity index (χ1) is 9.08. The predicted molar refractivity (Wildman–Crippen MR) is 86.7 cm³/mol. The molecule has 1 aliphatic carbocycles. The number of benzene rings is 1. The van der Waals surface area contributed by atoms with Crippen molar-refractivity contribution in [3.63, 3.8) is 0 Å². The van der Waals surface area contributed by atoms with Crippen molar-refractivity contribution in [3.05, 3.63) is 28.2 Å². The van der Waals surface area contributed by atoms with Crippen LogP contribution in [0.25, 0.3) is 0 Å². The van der Waals surface area contributed by atoms with Crippen LogP contribution < -0.4 is 11.1 Å². The van der Waals surface area contributed by atoms with E-state index in [0.29, 0.717) is 10.4 Å². The van der Waals surface area contributed by atoms with E-state index in [4.69, 9.17) is 22.7 Å². The first-order valence-electron chi connectivity index (χ1n) is 6.39. The van der Waals surface area contributed by atoms with Gasteiger partial charge in [-0.3, -0.25) is 0 Å². The summed E-state index contributed by atoms with van der Waals surface area (Å²) in [7, 11) is 1.75. The molecule has 0 amide bonds. The zero-order chi connectivity index (χ0) is 13.9. The molecule has 0 atom stereocenters. The third-order valence-electron chi connectivity index (χ3n) is 3.71. The van der Waals surface area contributed by atoms with Crippen molar-refractivity contribution in [1.29, 1.82) is 0 Å². The van der Waals surface area contributed by atoms with E-state index in [1.165, 1.54) is 12.8 Å². The van der Waals surface area contributed by atoms with Gasteiger partial charge in [0, 0.05) is 36.0 Å². The molecule has 19 heavy (non-hydrogen) atoms. The van der Waals surface area contributed by atoms with Gasteiger partial charge in [0.1, 0.15) is 4.99 Å². The topological polar surface area (TPSA) is 47.3 Å². The van der Waals surface area contributed by atoms with Gasteiger partial charge in [-0.25, -0.2) is 0 Å². The smallest absolute Gasteiger partial charge is 0.107 e. The highest BCUT2D eigenvalue weighted by atomic mass is 79.9. The zero-order valence-corrected chi connectivity index (χ0v) is 13.4. The molecule has 0 bridgehead atoms. The third-order valence-corrected chi connectivity index (χ3v) is 4.57. The quantitative estimate of drug-likeness (QED) is 0.746. The first kappa shape index (κ1) is 14.8. The Morgan fingerprint density at radius 2 is 2.26 bits per heavy atom. The molecular weight excluding hydrogens is 324 g/mol. The zero-order valence-electron chi connectivity index (χ0n) is 11.0. The number of hydrogen-bond donors (Lipinski definition) is 2. The molecule has 0 saturated heterocycles. The molecular formula is C14H19BrN2OS. The minimum atomic E-state index is 0.395. The van der Waals surface area contributed by atoms with E-state index in [1.807, 2.05) is 18.2 Å². The summed E-state index contributed by atoms with van der Waals surface area (Å²) < 4.78 is 6.11. The maximum atomic E-state index is 5.79. The van der Waals surface area contributed by atoms with Crippen molar-refractivity contribution in [1.82, 2.24) is 0 Å². The molecule has 3 N–H and O–H groups in total. The third kappa shape index (κ3) is 3.68. The Hall–Kier alpha value is -0.650. The average molecular weight is 343 g/mol. The van der Waals surface area contributed by atoms with E-state index < -0.39 is 0 Å². The Kier molecular flexibility index (Phi) is 4.81. The van der Waals surface area contributed by atoms with Gasteiger partial charge in [-0.2, -0.15) is 0 Å². The summed E-state index contributed by atoms with van der Waals surface area (Å²) in [6.45, 7) is 1.77. The molecule has 2 rings (SSSR count). The lowest BCUT2D eigenvalue weighted by molar-refractivity contribution is 0.175. The Balaban J connectivity index is 2.04. The van der Waals surface area contributed by atoms with Gasteiger partial charge in [-0.15, -0.1) is 0 Å². The summed E-state index contributed by atoms with van der Waals surface area (Å²) in [6, 6.07) is 5.96. The second-order valence-corrected chi connectivity index (χ2v) is 6.42. The van der Waals surface area contributed by atoms with Gasteiger partial charge in [0.05, 0.1) is 0 Å². The normalized spacial score (nSPS) is 16.1. The fraction of sp³-hybridized carbons (Fsp3) is 0.500. The Bertz CT molecular complexity index is 475. The Labute approximate surface area is 128 Å². The lowest BCUT2D eigenvalue weighted by Crippen LogP contribution is -2.20. The lowest BCUT2D eigenvalue weighted by atomic mass is 10.0. The lowest BCUT2D eigenvalue weighted by Gasteiger charge is -2.18. The standard InChI is InChI=1S/C14H19BrN2OS/c1-18-8-7-14(5-6-14)9-17-11-4-2-3-10(15)12(11)13(16)19/h2-4,17H,5-9H2,1H3,(H2,16,19). The highest BCUT2D eigenvalue weighted by molar-refractivity contribution is 9.10. The monoisotopic (exact) mass is 342 g/mol. The molecule has 104 valence electrons. The first-order valence-corrected chi connectivity index (χ1v) is 7.59. The highest BCUT2D eigenvalue weighted by Gasteiger charge is 2.41. The summed E-state index contributed by atoms with van der Waals surface area (Å²) in [5, 5.41) is 3.49. The fourth-order valence-electron chi connectivity index (χ4n) is 2.22. The van der Waals surface area contributed by atoms with Crippen LogP contribution in [-0.2, 0) is 4.74 Å². The molecule has 1 aliphatic rings. The minimum absolute atomic E-state index is 0.395. The number of rotatable bonds is 7. The van der Waals surface area contributed by atoms with Crippen LogP contribution in [0.15, 0.2) is 22.7 Å². The van der Waals surface area contributed by atoms with E-state index in [2.05, 4.69) is 21.2 Å². The molecule has 1 aromatic carbocycles. The number of methoxy groups -OCH3 is 1. The summed E-state index contributed by atoms with van der Waals surface area (Å²) >= 11 is 8.62. The van der Waals surface area contributed by atoms with Crippen molar-refractivity contribution in [3.8, 4) is 0 Å². The molecule has 1 saturated carbocycles. The van der Waals surface area contributed by atoms with E-state index in [-0.39, 0.29) is 0 Å². The molecule has 0 aromatic heterocycles. The number of thiocarbonyl (C=S) groups is 1. The van der Waals surface area contributed by atoms with Crippen molar-refractivity contribution < 1.29 is 4.74 Å². The Morgan fingerprint density at radius 3 is 2.84 bits per heavy atom. The maximum Gasteiger partial charge on any atom is 0.107 e. The largest absolute Gasteiger partial charge is 0.389 e. The number of anilines is 1. The van der Waals surface area contributed by atoms with Crippen LogP contribution >= 0.6 is 28.1 Å². The number of hydrogen-bond acceptors (Lipinski definition) is 3. The second-order valence-electron chi connectivity index (χ2n) is 5.12. The van der Waals surface area contributed by atoms with Gasteiger partial charge in [-0.05, 0) is 52.7 Å². The van der Waals surface area contributed by atoms with Crippen LogP contribution in [0.3, 0.4) is 0 Å². The van der Waals surface area contributed by atoms with E-state index in [1.54, 1.807) is 7.11 Å². The molecule has 0 spiro atoms. The molecule has 1 fully saturated rings. The maximum absolute atomic E-state index is 5.79. The highest BCUT2D eigenvalue weighted by Crippen LogP contribution is 2.48. The molecule has 0 aliphatic heterocycles. The summed E-state index contributed by atoms with van der Waals surface area (Å²) in [4.78, 5) is 0.414. The molecule has 5 heteroatoms. The van der Waals surface area contributed by atoms with Crippen molar-refractivity contribution >= 4 is 38.8 Å². The summed E-state index contributed by atoms with van der Waals surface area (Å²) in [5.74, 6) is 0. The van der Waals surface area contributed by atoms with Gasteiger partial charge >= 0.3 is 0 Å². The Morgan fingerprint density at radius 1 is 1.53 bits per heavy atom. The predicted octanol–water partition coefficient (Wildman–Crippen LogP) is 3.31. The van der Waals surface area contributed by atoms with Crippen molar-refractivity contribution in [2.75, 3.05) is 25.6 Å². The van der Waals surface area contributed by atoms with E-state index in [0.717, 1.165) is 35.3 Å². The molecule has 1 aromatic rings. The van der Waals surface area contributed by atoms with Gasteiger partial charge in [0.2, 0.25) is 0 Å². The molecule has 0 radical (unpaired) electrons. The average Bonchev–Trinajstić information content (AvgIpc) is 3.14. The summed E-state index contributed by atoms with van der Waals surface area (Å²) in [6.07, 6.45) is 3.63. The van der Waals surface area contributed by atoms with Crippen LogP contribution in [0.1, 0.15) is 24.8 Å². The van der Waals surface area contributed by atoms with E-state index >= 15 is 0 Å². The minimum Gasteiger partial charge on any atom is -0.389 e. The molecule has 3 nitrogen and oxygen atoms in total. The SMILES string of the molecule is COCCC1(CNc2cccc(Br)c2C(N)=S)CC1. The van der Waals surface area contributed by atoms with Crippen molar-refractivity contribution in [2.24, 2.45) is 11.1 Å². The second kappa shape index (κ2) is 6.20. The van der Waals surface area contributed by atoms with Crippen LogP contribution in [0, 0.1) is 5.41 Å². The van der Waals surface area contributed by atoms with Crippen LogP contribution in [0.4, 0.5) is 5.69 Å². The number of nitrogens with one attached hydrogen (secondary N) is 1. The molecule has 0 heterocycles. The molecule has 0 unspecified atom stereocenters. The van der Waals surface area contributed by atoms with Crippen LogP contribution in [-0.4, -0.2) is 25.2 Å². The van der Waals surface area contributed by atoms with Gasteiger partial charge in [-0.1, -0.05) is 18.3 Å². The van der Waals surface area contributed by atoms with Crippen molar-refractivity contribution in [2.45, 2.75) is 19.3 Å². The number of halogens is 1. The van der Waals surface area contributed by atoms with E-state index in [9.17, 15) is 0 Å². The van der Waals surface area contributed by atoms with Gasteiger partial charge in [0.15, 0.2) is 0 Å². The van der Waals surface area contributed by atoms with Gasteiger partial charge in [0.25, 0.3) is 0 Å². The number of ether oxygens (including phenoxy) is 1. The summed E-state index contributed by atoms with van der Waals surface area (Å²) in [5.41, 5.74) is 8.08. The van der Waals surface area contributed by atoms with Gasteiger partial charge < -0.3 is 15.8 Å². The van der Waals surface area contributed by atoms with Crippen LogP contribution in [0.2, 0.25) is 0 Å². The van der Waals surface area contributed by atoms with Crippen LogP contribution in [0.5, 0.6) is 0 Å².